The minimum absolute atomic E-state index is 0.168. The predicted molar refractivity (Wildman–Crippen MR) is 42.0 cm³/mol. The molecule has 0 aromatic heterocycles. The van der Waals surface area contributed by atoms with Gasteiger partial charge in [0.1, 0.15) is 0 Å². The largest absolute Gasteiger partial charge is 0.421 e. The Labute approximate surface area is 95.2 Å². The van der Waals surface area contributed by atoms with E-state index in [1.807, 2.05) is 0 Å². The zero-order chi connectivity index (χ0) is 14.7. The van der Waals surface area contributed by atoms with E-state index in [1.165, 1.54) is 0 Å². The van der Waals surface area contributed by atoms with Crippen molar-refractivity contribution < 1.29 is 44.7 Å². The van der Waals surface area contributed by atoms with Crippen LogP contribution in [0, 0.1) is 0 Å². The first kappa shape index (κ1) is 16.6. The molecular weight excluding hydrogens is 280 g/mol. The summed E-state index contributed by atoms with van der Waals surface area (Å²) in [7, 11) is 0. The minimum Gasteiger partial charge on any atom is -0.421 e. The van der Waals surface area contributed by atoms with Crippen LogP contribution in [0.1, 0.15) is 0 Å². The predicted octanol–water partition coefficient (Wildman–Crippen LogP) is 2.89. The summed E-state index contributed by atoms with van der Waals surface area (Å²) in [6.07, 6.45) is -13.2. The molecule has 0 spiro atoms. The number of carbonyl (C=O) groups excluding carboxylic acids is 1. The van der Waals surface area contributed by atoms with Gasteiger partial charge < -0.3 is 4.74 Å². The Hall–Kier alpha value is -1.35. The highest BCUT2D eigenvalue weighted by Gasteiger charge is 2.70. The van der Waals surface area contributed by atoms with Crippen molar-refractivity contribution in [1.82, 2.24) is 0 Å². The fraction of sp³-hybridized carbons (Fsp3) is 0.625. The van der Waals surface area contributed by atoms with Gasteiger partial charge >= 0.3 is 24.2 Å². The average molecular weight is 286 g/mol. The fourth-order valence-electron chi connectivity index (χ4n) is 0.717. The first-order valence-electron chi connectivity index (χ1n) is 4.13. The van der Waals surface area contributed by atoms with Crippen LogP contribution in [0.25, 0.3) is 0 Å². The lowest BCUT2D eigenvalue weighted by atomic mass is 10.1. The average Bonchev–Trinajstić information content (AvgIpc) is 2.26. The maximum Gasteiger partial charge on any atom is 0.378 e. The van der Waals surface area contributed by atoms with E-state index in [2.05, 4.69) is 11.3 Å². The SMILES string of the molecule is C=CC(=O)OC(F)C(F)(F)C(F)(F)C(F)C(F)F. The summed E-state index contributed by atoms with van der Waals surface area (Å²) < 4.78 is 102. The third-order valence-corrected chi connectivity index (χ3v) is 1.68. The highest BCUT2D eigenvalue weighted by atomic mass is 19.3. The van der Waals surface area contributed by atoms with Crippen molar-refractivity contribution >= 4 is 5.97 Å². The molecule has 0 aromatic rings. The summed E-state index contributed by atoms with van der Waals surface area (Å²) in [4.78, 5) is 10.3. The van der Waals surface area contributed by atoms with Gasteiger partial charge in [0.2, 0.25) is 6.17 Å². The molecule has 0 aliphatic carbocycles. The van der Waals surface area contributed by atoms with Gasteiger partial charge in [-0.3, -0.25) is 0 Å². The normalized spacial score (nSPS) is 16.3. The van der Waals surface area contributed by atoms with Gasteiger partial charge in [-0.2, -0.15) is 22.0 Å². The van der Waals surface area contributed by atoms with Gasteiger partial charge in [-0.1, -0.05) is 6.58 Å². The molecule has 0 bridgehead atoms. The van der Waals surface area contributed by atoms with Gasteiger partial charge in [-0.25, -0.2) is 18.0 Å². The molecule has 0 heterocycles. The summed E-state index contributed by atoms with van der Waals surface area (Å²) in [6, 6.07) is 0. The van der Waals surface area contributed by atoms with Crippen LogP contribution in [0.2, 0.25) is 0 Å². The number of esters is 1. The van der Waals surface area contributed by atoms with Crippen LogP contribution in [0.3, 0.4) is 0 Å². The Kier molecular flexibility index (Phi) is 5.11. The second kappa shape index (κ2) is 5.53. The maximum atomic E-state index is 12.7. The van der Waals surface area contributed by atoms with Gasteiger partial charge in [0.05, 0.1) is 0 Å². The molecule has 2 unspecified atom stereocenters. The van der Waals surface area contributed by atoms with E-state index in [9.17, 15) is 39.9 Å². The zero-order valence-corrected chi connectivity index (χ0v) is 8.36. The topological polar surface area (TPSA) is 26.3 Å². The van der Waals surface area contributed by atoms with Crippen molar-refractivity contribution in [1.29, 1.82) is 0 Å². The molecule has 0 aromatic carbocycles. The summed E-state index contributed by atoms with van der Waals surface area (Å²) in [5, 5.41) is 0. The van der Waals surface area contributed by atoms with Crippen LogP contribution in [0.15, 0.2) is 12.7 Å². The van der Waals surface area contributed by atoms with Crippen LogP contribution < -0.4 is 0 Å². The Balaban J connectivity index is 5.10. The van der Waals surface area contributed by atoms with Crippen LogP contribution in [0.4, 0.5) is 35.1 Å². The molecular formula is C8H6F8O2. The zero-order valence-electron chi connectivity index (χ0n) is 8.36. The third-order valence-electron chi connectivity index (χ3n) is 1.68. The van der Waals surface area contributed by atoms with Gasteiger partial charge in [0.25, 0.3) is 6.43 Å². The Morgan fingerprint density at radius 1 is 1.06 bits per heavy atom. The van der Waals surface area contributed by atoms with E-state index in [0.717, 1.165) is 0 Å². The van der Waals surface area contributed by atoms with Crippen LogP contribution in [-0.4, -0.2) is 36.8 Å². The number of hydrogen-bond acceptors (Lipinski definition) is 2. The van der Waals surface area contributed by atoms with Gasteiger partial charge in [0.15, 0.2) is 0 Å². The van der Waals surface area contributed by atoms with Crippen molar-refractivity contribution in [2.45, 2.75) is 30.8 Å². The van der Waals surface area contributed by atoms with Crippen molar-refractivity contribution in [3.05, 3.63) is 12.7 Å². The molecule has 0 amide bonds. The van der Waals surface area contributed by atoms with Crippen LogP contribution in [-0.2, 0) is 9.53 Å². The van der Waals surface area contributed by atoms with E-state index in [4.69, 9.17) is 0 Å². The number of carbonyl (C=O) groups is 1. The Morgan fingerprint density at radius 2 is 1.50 bits per heavy atom. The molecule has 0 saturated carbocycles. The Bertz CT molecular complexity index is 316. The molecule has 0 fully saturated rings. The third kappa shape index (κ3) is 3.10. The van der Waals surface area contributed by atoms with Gasteiger partial charge in [0, 0.05) is 6.08 Å². The minimum atomic E-state index is -6.05. The summed E-state index contributed by atoms with van der Waals surface area (Å²) >= 11 is 0. The number of ether oxygens (including phenoxy) is 1. The van der Waals surface area contributed by atoms with E-state index >= 15 is 0 Å². The van der Waals surface area contributed by atoms with E-state index in [-0.39, 0.29) is 6.08 Å². The molecule has 0 rings (SSSR count). The lowest BCUT2D eigenvalue weighted by molar-refractivity contribution is -0.312. The highest BCUT2D eigenvalue weighted by molar-refractivity contribution is 5.81. The number of alkyl halides is 8. The molecule has 0 radical (unpaired) electrons. The number of halogens is 8. The van der Waals surface area contributed by atoms with Gasteiger partial charge in [-0.15, -0.1) is 0 Å². The second-order valence-corrected chi connectivity index (χ2v) is 2.94. The van der Waals surface area contributed by atoms with Gasteiger partial charge in [-0.05, 0) is 0 Å². The summed E-state index contributed by atoms with van der Waals surface area (Å²) in [5.41, 5.74) is 0. The molecule has 2 nitrogen and oxygen atoms in total. The fourth-order valence-corrected chi connectivity index (χ4v) is 0.717. The lowest BCUT2D eigenvalue weighted by Crippen LogP contribution is -2.56. The molecule has 0 saturated heterocycles. The molecule has 106 valence electrons. The van der Waals surface area contributed by atoms with Crippen LogP contribution >= 0.6 is 0 Å². The quantitative estimate of drug-likeness (QED) is 0.426. The van der Waals surface area contributed by atoms with Crippen molar-refractivity contribution in [2.75, 3.05) is 0 Å². The standard InChI is InChI=1S/C8H6F8O2/c1-2-3(17)18-6(12)8(15,16)7(13,14)4(9)5(10)11/h2,4-6H,1H2. The lowest BCUT2D eigenvalue weighted by Gasteiger charge is -2.30. The summed E-state index contributed by atoms with van der Waals surface area (Å²) in [5.74, 6) is -13.9. The molecule has 10 heteroatoms. The van der Waals surface area contributed by atoms with Crippen molar-refractivity contribution in [3.63, 3.8) is 0 Å². The smallest absolute Gasteiger partial charge is 0.378 e. The van der Waals surface area contributed by atoms with E-state index in [0.29, 0.717) is 0 Å². The first-order valence-corrected chi connectivity index (χ1v) is 4.13. The number of hydrogen-bond donors (Lipinski definition) is 0. The van der Waals surface area contributed by atoms with Crippen LogP contribution in [0.5, 0.6) is 0 Å². The van der Waals surface area contributed by atoms with E-state index < -0.39 is 36.8 Å². The second-order valence-electron chi connectivity index (χ2n) is 2.94. The van der Waals surface area contributed by atoms with Crippen molar-refractivity contribution in [2.24, 2.45) is 0 Å². The molecule has 18 heavy (non-hydrogen) atoms. The first-order chi connectivity index (χ1) is 7.98. The monoisotopic (exact) mass is 286 g/mol. The highest BCUT2D eigenvalue weighted by Crippen LogP contribution is 2.44. The van der Waals surface area contributed by atoms with E-state index in [1.54, 1.807) is 0 Å². The molecule has 0 aliphatic heterocycles. The summed E-state index contributed by atoms with van der Waals surface area (Å²) in [6.45, 7) is 2.65. The maximum absolute atomic E-state index is 12.7. The molecule has 2 atom stereocenters. The Morgan fingerprint density at radius 3 is 1.83 bits per heavy atom. The molecule has 0 aliphatic rings. The number of rotatable bonds is 6. The van der Waals surface area contributed by atoms with Crippen molar-refractivity contribution in [3.8, 4) is 0 Å². The molecule has 0 N–H and O–H groups in total.